The minimum Gasteiger partial charge on any atom is -0.308 e. The largest absolute Gasteiger partial charge is 0.308 e. The maximum atomic E-state index is 12.7. The van der Waals surface area contributed by atoms with E-state index in [0.29, 0.717) is 22.2 Å². The summed E-state index contributed by atoms with van der Waals surface area (Å²) in [6.45, 7) is 4.47. The Labute approximate surface area is 128 Å². The van der Waals surface area contributed by atoms with Crippen molar-refractivity contribution in [3.8, 4) is 0 Å². The van der Waals surface area contributed by atoms with Crippen molar-refractivity contribution in [2.45, 2.75) is 13.8 Å². The Balaban J connectivity index is 2.45. The number of rotatable bonds is 3. The highest BCUT2D eigenvalue weighted by atomic mass is 35.5. The van der Waals surface area contributed by atoms with Gasteiger partial charge in [-0.05, 0) is 43.7 Å². The topological polar surface area (TPSA) is 20.3 Å². The van der Waals surface area contributed by atoms with Crippen LogP contribution in [0.15, 0.2) is 42.5 Å². The van der Waals surface area contributed by atoms with Crippen LogP contribution in [0.5, 0.6) is 0 Å². The minimum absolute atomic E-state index is 0.144. The van der Waals surface area contributed by atoms with Gasteiger partial charge in [0.2, 0.25) is 0 Å². The number of carbonyl (C=O) groups is 1. The summed E-state index contributed by atoms with van der Waals surface area (Å²) in [5, 5.41) is 0.907. The number of aryl methyl sites for hydroxylation is 1. The fourth-order valence-corrected chi connectivity index (χ4v) is 2.47. The summed E-state index contributed by atoms with van der Waals surface area (Å²) in [5.41, 5.74) is 2.35. The van der Waals surface area contributed by atoms with E-state index in [9.17, 15) is 4.79 Å². The number of nitrogens with zero attached hydrogens (tertiary/aromatic N) is 1. The number of para-hydroxylation sites is 1. The molecule has 20 heavy (non-hydrogen) atoms. The van der Waals surface area contributed by atoms with Crippen molar-refractivity contribution in [2.75, 3.05) is 11.4 Å². The molecule has 0 saturated heterocycles. The molecule has 0 spiro atoms. The van der Waals surface area contributed by atoms with E-state index in [4.69, 9.17) is 23.2 Å². The fourth-order valence-electron chi connectivity index (χ4n) is 2.10. The average molecular weight is 308 g/mol. The Bertz CT molecular complexity index is 640. The molecule has 2 rings (SSSR count). The molecule has 0 unspecified atom stereocenters. The van der Waals surface area contributed by atoms with Gasteiger partial charge >= 0.3 is 0 Å². The van der Waals surface area contributed by atoms with E-state index in [0.717, 1.165) is 11.3 Å². The molecule has 2 aromatic rings. The molecular weight excluding hydrogens is 293 g/mol. The molecular formula is C16H15Cl2NO. The standard InChI is InChI=1S/C16H15Cl2NO/c1-3-19(15-7-5-4-6-11(15)2)16(20)13-10-12(17)8-9-14(13)18/h4-10H,3H2,1-2H3. The van der Waals surface area contributed by atoms with Crippen LogP contribution in [0.1, 0.15) is 22.8 Å². The molecule has 0 bridgehead atoms. The van der Waals surface area contributed by atoms with Crippen molar-refractivity contribution in [3.05, 3.63) is 63.6 Å². The lowest BCUT2D eigenvalue weighted by atomic mass is 10.1. The Hall–Kier alpha value is -1.51. The van der Waals surface area contributed by atoms with E-state index in [-0.39, 0.29) is 5.91 Å². The van der Waals surface area contributed by atoms with Crippen LogP contribution in [0, 0.1) is 6.92 Å². The van der Waals surface area contributed by atoms with Crippen LogP contribution in [0.25, 0.3) is 0 Å². The smallest absolute Gasteiger partial charge is 0.259 e. The van der Waals surface area contributed by atoms with E-state index in [1.807, 2.05) is 38.1 Å². The molecule has 4 heteroatoms. The lowest BCUT2D eigenvalue weighted by molar-refractivity contribution is 0.0988. The summed E-state index contributed by atoms with van der Waals surface area (Å²) in [6, 6.07) is 12.7. The maximum Gasteiger partial charge on any atom is 0.259 e. The van der Waals surface area contributed by atoms with Gasteiger partial charge in [0, 0.05) is 17.3 Å². The van der Waals surface area contributed by atoms with E-state index in [1.54, 1.807) is 23.1 Å². The Morgan fingerprint density at radius 3 is 2.50 bits per heavy atom. The normalized spacial score (nSPS) is 10.4. The number of halogens is 2. The zero-order chi connectivity index (χ0) is 14.7. The van der Waals surface area contributed by atoms with Gasteiger partial charge in [-0.3, -0.25) is 4.79 Å². The first-order chi connectivity index (χ1) is 9.54. The molecule has 0 aromatic heterocycles. The van der Waals surface area contributed by atoms with E-state index in [1.165, 1.54) is 0 Å². The quantitative estimate of drug-likeness (QED) is 0.784. The van der Waals surface area contributed by atoms with Crippen molar-refractivity contribution >= 4 is 34.8 Å². The summed E-state index contributed by atoms with van der Waals surface area (Å²) < 4.78 is 0. The molecule has 0 N–H and O–H groups in total. The van der Waals surface area contributed by atoms with E-state index < -0.39 is 0 Å². The second kappa shape index (κ2) is 6.29. The highest BCUT2D eigenvalue weighted by Gasteiger charge is 2.20. The number of anilines is 1. The molecule has 2 nitrogen and oxygen atoms in total. The van der Waals surface area contributed by atoms with Crippen molar-refractivity contribution in [1.29, 1.82) is 0 Å². The van der Waals surface area contributed by atoms with Crippen LogP contribution in [-0.4, -0.2) is 12.5 Å². The Morgan fingerprint density at radius 2 is 1.85 bits per heavy atom. The molecule has 0 fully saturated rings. The van der Waals surface area contributed by atoms with E-state index >= 15 is 0 Å². The summed E-state index contributed by atoms with van der Waals surface area (Å²) in [6.07, 6.45) is 0. The fraction of sp³-hybridized carbons (Fsp3) is 0.188. The highest BCUT2D eigenvalue weighted by Crippen LogP contribution is 2.26. The van der Waals surface area contributed by atoms with E-state index in [2.05, 4.69) is 0 Å². The predicted molar refractivity (Wildman–Crippen MR) is 85.0 cm³/mol. The van der Waals surface area contributed by atoms with Crippen molar-refractivity contribution in [2.24, 2.45) is 0 Å². The molecule has 0 heterocycles. The predicted octanol–water partition coefficient (Wildman–Crippen LogP) is 4.97. The Kier molecular flexibility index (Phi) is 4.69. The van der Waals surface area contributed by atoms with Gasteiger partial charge in [0.1, 0.15) is 0 Å². The Morgan fingerprint density at radius 1 is 1.15 bits per heavy atom. The van der Waals surface area contributed by atoms with Gasteiger partial charge in [0.05, 0.1) is 10.6 Å². The van der Waals surface area contributed by atoms with Crippen LogP contribution < -0.4 is 4.90 Å². The van der Waals surface area contributed by atoms with Crippen molar-refractivity contribution in [3.63, 3.8) is 0 Å². The number of hydrogen-bond donors (Lipinski definition) is 0. The molecule has 2 aromatic carbocycles. The third-order valence-corrected chi connectivity index (χ3v) is 3.69. The monoisotopic (exact) mass is 307 g/mol. The van der Waals surface area contributed by atoms with Gasteiger partial charge in [-0.25, -0.2) is 0 Å². The summed E-state index contributed by atoms with van der Waals surface area (Å²) in [7, 11) is 0. The molecule has 104 valence electrons. The SMILES string of the molecule is CCN(C(=O)c1cc(Cl)ccc1Cl)c1ccccc1C. The second-order valence-corrected chi connectivity index (χ2v) is 5.30. The van der Waals surface area contributed by atoms with Crippen LogP contribution >= 0.6 is 23.2 Å². The van der Waals surface area contributed by atoms with Gasteiger partial charge in [-0.15, -0.1) is 0 Å². The van der Waals surface area contributed by atoms with Gasteiger partial charge in [0.15, 0.2) is 0 Å². The third kappa shape index (κ3) is 2.97. The van der Waals surface area contributed by atoms with Crippen molar-refractivity contribution in [1.82, 2.24) is 0 Å². The molecule has 0 atom stereocenters. The molecule has 1 amide bonds. The molecule has 0 aliphatic rings. The zero-order valence-corrected chi connectivity index (χ0v) is 12.9. The summed E-state index contributed by atoms with van der Waals surface area (Å²) >= 11 is 12.1. The lowest BCUT2D eigenvalue weighted by Gasteiger charge is -2.23. The van der Waals surface area contributed by atoms with Crippen LogP contribution in [0.3, 0.4) is 0 Å². The lowest BCUT2D eigenvalue weighted by Crippen LogP contribution is -2.31. The first kappa shape index (κ1) is 14.9. The zero-order valence-electron chi connectivity index (χ0n) is 11.4. The highest BCUT2D eigenvalue weighted by molar-refractivity contribution is 6.36. The number of benzene rings is 2. The molecule has 0 aliphatic carbocycles. The summed E-state index contributed by atoms with van der Waals surface area (Å²) in [5.74, 6) is -0.144. The number of carbonyl (C=O) groups excluding carboxylic acids is 1. The maximum absolute atomic E-state index is 12.7. The minimum atomic E-state index is -0.144. The summed E-state index contributed by atoms with van der Waals surface area (Å²) in [4.78, 5) is 14.4. The number of amides is 1. The van der Waals surface area contributed by atoms with Crippen molar-refractivity contribution < 1.29 is 4.79 Å². The van der Waals surface area contributed by atoms with Crippen LogP contribution in [0.4, 0.5) is 5.69 Å². The van der Waals surface area contributed by atoms with Gasteiger partial charge < -0.3 is 4.90 Å². The number of hydrogen-bond acceptors (Lipinski definition) is 1. The third-order valence-electron chi connectivity index (χ3n) is 3.13. The van der Waals surface area contributed by atoms with Gasteiger partial charge in [-0.2, -0.15) is 0 Å². The molecule has 0 radical (unpaired) electrons. The first-order valence-electron chi connectivity index (χ1n) is 6.37. The average Bonchev–Trinajstić information content (AvgIpc) is 2.44. The van der Waals surface area contributed by atoms with Crippen LogP contribution in [-0.2, 0) is 0 Å². The second-order valence-electron chi connectivity index (χ2n) is 4.46. The van der Waals surface area contributed by atoms with Crippen LogP contribution in [0.2, 0.25) is 10.0 Å². The molecule has 0 saturated carbocycles. The van der Waals surface area contributed by atoms with Gasteiger partial charge in [-0.1, -0.05) is 41.4 Å². The molecule has 0 aliphatic heterocycles. The van der Waals surface area contributed by atoms with Gasteiger partial charge in [0.25, 0.3) is 5.91 Å². The first-order valence-corrected chi connectivity index (χ1v) is 7.12.